The van der Waals surface area contributed by atoms with Gasteiger partial charge in [-0.25, -0.2) is 14.7 Å². The number of amides is 2. The first-order valence-corrected chi connectivity index (χ1v) is 3.44. The molecule has 62 valence electrons. The van der Waals surface area contributed by atoms with Crippen molar-refractivity contribution < 1.29 is 67.5 Å². The van der Waals surface area contributed by atoms with Crippen LogP contribution < -0.4 is 56.4 Å². The summed E-state index contributed by atoms with van der Waals surface area (Å²) in [6, 6.07) is 6.23. The van der Waals surface area contributed by atoms with Crippen molar-refractivity contribution in [3.05, 3.63) is 40.6 Å². The van der Waals surface area contributed by atoms with Crippen molar-refractivity contribution in [3.8, 4) is 0 Å². The summed E-state index contributed by atoms with van der Waals surface area (Å²) >= 11 is 0. The molecule has 0 fully saturated rings. The maximum Gasteiger partial charge on any atom is 1.00 e. The van der Waals surface area contributed by atoms with Crippen molar-refractivity contribution in [2.75, 3.05) is 0 Å². The van der Waals surface area contributed by atoms with Gasteiger partial charge in [0.15, 0.2) is 0 Å². The minimum absolute atomic E-state index is 0. The summed E-state index contributed by atoms with van der Waals surface area (Å²) in [6.45, 7) is 0. The third kappa shape index (κ3) is 1.69. The van der Waals surface area contributed by atoms with Gasteiger partial charge in [-0.3, -0.25) is 0 Å². The van der Waals surface area contributed by atoms with Crippen molar-refractivity contribution in [1.29, 1.82) is 0 Å². The second-order valence-electron chi connectivity index (χ2n) is 2.53. The van der Waals surface area contributed by atoms with E-state index in [-0.39, 0.29) is 63.9 Å². The van der Waals surface area contributed by atoms with Crippen LogP contribution in [0.2, 0.25) is 0 Å². The molecule has 2 amide bonds. The maximum atomic E-state index is 11.0. The average Bonchev–Trinajstić information content (AvgIpc) is 2.33. The number of rotatable bonds is 0. The van der Waals surface area contributed by atoms with Crippen LogP contribution in [0.4, 0.5) is 0 Å². The maximum absolute atomic E-state index is 11.0. The predicted octanol–water partition coefficient (Wildman–Crippen LogP) is -3.52. The van der Waals surface area contributed by atoms with E-state index in [1.165, 1.54) is 12.1 Å². The number of carbonyl (C=O) groups is 2. The Kier molecular flexibility index (Phi) is 3.53. The fourth-order valence-corrected chi connectivity index (χ4v) is 1.23. The number of hydroxylamine groups is 2. The van der Waals surface area contributed by atoms with E-state index in [0.717, 1.165) is 0 Å². The van der Waals surface area contributed by atoms with Crippen LogP contribution in [0.5, 0.6) is 0 Å². The van der Waals surface area contributed by atoms with Gasteiger partial charge < -0.3 is 6.63 Å². The third-order valence-corrected chi connectivity index (χ3v) is 1.83. The molecule has 0 aliphatic carbocycles. The van der Waals surface area contributed by atoms with E-state index in [0.29, 0.717) is 0 Å². The van der Waals surface area contributed by atoms with Crippen LogP contribution in [-0.2, 0) is 0 Å². The first-order valence-electron chi connectivity index (χ1n) is 3.44. The number of fused-ring (bicyclic) bond motifs is 1. The van der Waals surface area contributed by atoms with Crippen LogP contribution >= 0.6 is 0 Å². The van der Waals surface area contributed by atoms with Gasteiger partial charge in [-0.15, -0.1) is 0 Å². The number of imide groups is 1. The second kappa shape index (κ2) is 4.10. The van der Waals surface area contributed by atoms with Gasteiger partial charge in [0.2, 0.25) is 0 Å². The molecule has 0 atom stereocenters. The minimum atomic E-state index is -0.920. The average molecular weight is 203 g/mol. The van der Waals surface area contributed by atoms with Gasteiger partial charge in [0.05, 0.1) is 11.1 Å². The van der Waals surface area contributed by atoms with Crippen LogP contribution in [0.3, 0.4) is 0 Å². The molecule has 1 aliphatic heterocycles. The fourth-order valence-electron chi connectivity index (χ4n) is 1.23. The standard InChI is InChI=1S/C8H5NO3.K.H/c10-7-5-3-1-2-4-6(5)8(11)9(7)12;;/h1-4,9H;;/q;+1;-1. The van der Waals surface area contributed by atoms with Crippen molar-refractivity contribution in [2.45, 2.75) is 0 Å². The Morgan fingerprint density at radius 3 is 1.85 bits per heavy atom. The molecule has 0 saturated carbocycles. The number of quaternary nitrogens is 1. The summed E-state index contributed by atoms with van der Waals surface area (Å²) in [7, 11) is 0. The van der Waals surface area contributed by atoms with Gasteiger partial charge in [0.1, 0.15) is 0 Å². The van der Waals surface area contributed by atoms with E-state index in [4.69, 9.17) is 0 Å². The molecule has 1 aliphatic rings. The summed E-state index contributed by atoms with van der Waals surface area (Å²) < 4.78 is 0. The van der Waals surface area contributed by atoms with Crippen LogP contribution in [0.15, 0.2) is 24.3 Å². The van der Waals surface area contributed by atoms with E-state index in [9.17, 15) is 14.8 Å². The van der Waals surface area contributed by atoms with Gasteiger partial charge in [0, 0.05) is 0 Å². The first-order chi connectivity index (χ1) is 5.72. The number of benzene rings is 1. The Labute approximate surface area is 118 Å². The molecule has 1 N–H and O–H groups in total. The second-order valence-corrected chi connectivity index (χ2v) is 2.53. The van der Waals surface area contributed by atoms with Crippen LogP contribution in [0.1, 0.15) is 22.1 Å². The van der Waals surface area contributed by atoms with Crippen LogP contribution in [0.25, 0.3) is 0 Å². The zero-order chi connectivity index (χ0) is 8.72. The molecule has 0 radical (unpaired) electrons. The predicted molar refractivity (Wildman–Crippen MR) is 40.5 cm³/mol. The number of hydrogen-bond acceptors (Lipinski definition) is 3. The zero-order valence-corrected chi connectivity index (χ0v) is 10.2. The van der Waals surface area contributed by atoms with Crippen LogP contribution in [0, 0.1) is 5.21 Å². The van der Waals surface area contributed by atoms with E-state index >= 15 is 0 Å². The summed E-state index contributed by atoms with van der Waals surface area (Å²) in [4.78, 5) is 22.1. The Hall–Kier alpha value is 0.116. The molecule has 0 spiro atoms. The molecule has 2 rings (SSSR count). The molecule has 4 nitrogen and oxygen atoms in total. The number of hydrogen-bond donors (Lipinski definition) is 1. The normalized spacial score (nSPS) is 15.5. The van der Waals surface area contributed by atoms with Gasteiger partial charge >= 0.3 is 63.2 Å². The molecule has 1 heterocycles. The quantitative estimate of drug-likeness (QED) is 0.270. The van der Waals surface area contributed by atoms with Gasteiger partial charge in [-0.2, -0.15) is 0 Å². The topological polar surface area (TPSA) is 61.6 Å². The molecular formula is C8H6KNO3. The summed E-state index contributed by atoms with van der Waals surface area (Å²) in [5.41, 5.74) is 0.458. The Morgan fingerprint density at radius 1 is 1.08 bits per heavy atom. The third-order valence-electron chi connectivity index (χ3n) is 1.83. The number of carbonyl (C=O) groups excluding carboxylic acids is 2. The van der Waals surface area contributed by atoms with Crippen molar-refractivity contribution >= 4 is 11.8 Å². The summed E-state index contributed by atoms with van der Waals surface area (Å²) in [5.74, 6) is -1.37. The van der Waals surface area contributed by atoms with Crippen molar-refractivity contribution in [3.63, 3.8) is 0 Å². The number of nitrogens with one attached hydrogen (secondary N) is 1. The van der Waals surface area contributed by atoms with E-state index < -0.39 is 16.9 Å². The van der Waals surface area contributed by atoms with Gasteiger partial charge in [0.25, 0.3) is 0 Å². The Bertz CT molecular complexity index is 348. The molecule has 1 aromatic carbocycles. The first kappa shape index (κ1) is 11.2. The molecule has 13 heavy (non-hydrogen) atoms. The molecule has 0 unspecified atom stereocenters. The molecule has 0 saturated heterocycles. The molecular weight excluding hydrogens is 197 g/mol. The molecule has 1 aromatic rings. The smallest absolute Gasteiger partial charge is 1.00 e. The van der Waals surface area contributed by atoms with E-state index in [1.54, 1.807) is 12.1 Å². The Balaban J connectivity index is 0.000000845. The Morgan fingerprint density at radius 2 is 1.46 bits per heavy atom. The monoisotopic (exact) mass is 203 g/mol. The SMILES string of the molecule is O=C1c2ccccc2C(=O)[NH+]1[O-].[H-].[K+]. The summed E-state index contributed by atoms with van der Waals surface area (Å²) in [6.07, 6.45) is 0. The zero-order valence-electron chi connectivity index (χ0n) is 8.03. The minimum Gasteiger partial charge on any atom is -1.00 e. The van der Waals surface area contributed by atoms with Crippen molar-refractivity contribution in [2.24, 2.45) is 0 Å². The van der Waals surface area contributed by atoms with E-state index in [2.05, 4.69) is 0 Å². The van der Waals surface area contributed by atoms with Gasteiger partial charge in [-0.1, -0.05) is 12.1 Å². The molecule has 0 bridgehead atoms. The molecule has 5 heteroatoms. The van der Waals surface area contributed by atoms with Crippen molar-refractivity contribution in [1.82, 2.24) is 0 Å². The van der Waals surface area contributed by atoms with Crippen LogP contribution in [-0.4, -0.2) is 11.8 Å². The van der Waals surface area contributed by atoms with E-state index in [1.807, 2.05) is 0 Å². The van der Waals surface area contributed by atoms with Gasteiger partial charge in [-0.05, 0) is 12.1 Å². The summed E-state index contributed by atoms with van der Waals surface area (Å²) in [5, 5.41) is 9.94. The molecule has 0 aromatic heterocycles. The largest absolute Gasteiger partial charge is 1.00 e. The fraction of sp³-hybridized carbons (Fsp3) is 0.